The van der Waals surface area contributed by atoms with Gasteiger partial charge in [-0.15, -0.1) is 0 Å². The molecule has 0 atom stereocenters. The molecular weight excluding hydrogens is 299 g/mol. The molecule has 1 rings (SSSR count). The monoisotopic (exact) mass is 321 g/mol. The minimum atomic E-state index is -4.18. The van der Waals surface area contributed by atoms with E-state index < -0.39 is 12.7 Å². The first-order chi connectivity index (χ1) is 10.4. The van der Waals surface area contributed by atoms with Crippen molar-refractivity contribution in [2.45, 2.75) is 19.5 Å². The summed E-state index contributed by atoms with van der Waals surface area (Å²) in [5.41, 5.74) is 0. The molecule has 0 fully saturated rings. The summed E-state index contributed by atoms with van der Waals surface area (Å²) in [6, 6.07) is 5.24. The van der Waals surface area contributed by atoms with Gasteiger partial charge in [0.2, 0.25) is 5.75 Å². The Labute approximate surface area is 128 Å². The predicted octanol–water partition coefficient (Wildman–Crippen LogP) is 3.36. The molecule has 1 aromatic rings. The molecule has 0 unspecified atom stereocenters. The number of hydrogen-bond donors (Lipinski definition) is 0. The fourth-order valence-corrected chi connectivity index (χ4v) is 2.02. The van der Waals surface area contributed by atoms with Crippen molar-refractivity contribution in [2.24, 2.45) is 0 Å². The van der Waals surface area contributed by atoms with Crippen LogP contribution in [0, 0.1) is 0 Å². The molecule has 1 aromatic carbocycles. The van der Waals surface area contributed by atoms with Crippen LogP contribution < -0.4 is 14.2 Å². The van der Waals surface area contributed by atoms with Crippen molar-refractivity contribution in [1.82, 2.24) is 4.90 Å². The number of para-hydroxylation sites is 1. The Morgan fingerprint density at radius 3 is 2.14 bits per heavy atom. The lowest BCUT2D eigenvalue weighted by atomic mass is 10.3. The summed E-state index contributed by atoms with van der Waals surface area (Å²) in [6.45, 7) is 1.74. The molecule has 7 heteroatoms. The Morgan fingerprint density at radius 1 is 1.09 bits per heavy atom. The molecule has 126 valence electrons. The third kappa shape index (κ3) is 6.01. The van der Waals surface area contributed by atoms with Crippen LogP contribution in [0.5, 0.6) is 17.2 Å². The minimum Gasteiger partial charge on any atom is -0.493 e. The van der Waals surface area contributed by atoms with Crippen molar-refractivity contribution in [3.8, 4) is 17.2 Å². The van der Waals surface area contributed by atoms with Gasteiger partial charge in [0.25, 0.3) is 0 Å². The van der Waals surface area contributed by atoms with Crippen molar-refractivity contribution >= 4 is 0 Å². The fraction of sp³-hybridized carbons (Fsp3) is 0.600. The van der Waals surface area contributed by atoms with E-state index in [0.29, 0.717) is 36.8 Å². The average Bonchev–Trinajstić information content (AvgIpc) is 2.48. The van der Waals surface area contributed by atoms with Crippen molar-refractivity contribution in [3.05, 3.63) is 18.2 Å². The highest BCUT2D eigenvalue weighted by Crippen LogP contribution is 2.36. The van der Waals surface area contributed by atoms with Gasteiger partial charge in [-0.2, -0.15) is 13.2 Å². The highest BCUT2D eigenvalue weighted by Gasteiger charge is 2.29. The molecule has 0 bridgehead atoms. The quantitative estimate of drug-likeness (QED) is 0.653. The normalized spacial score (nSPS) is 11.6. The molecule has 0 heterocycles. The smallest absolute Gasteiger partial charge is 0.401 e. The van der Waals surface area contributed by atoms with Gasteiger partial charge in [-0.05, 0) is 25.1 Å². The molecule has 0 aliphatic carbocycles. The summed E-state index contributed by atoms with van der Waals surface area (Å²) in [5, 5.41) is 0. The van der Waals surface area contributed by atoms with Gasteiger partial charge in [-0.25, -0.2) is 0 Å². The van der Waals surface area contributed by atoms with Gasteiger partial charge in [-0.3, -0.25) is 4.90 Å². The zero-order valence-electron chi connectivity index (χ0n) is 13.1. The molecule has 0 saturated heterocycles. The van der Waals surface area contributed by atoms with Crippen LogP contribution >= 0.6 is 0 Å². The standard InChI is InChI=1S/C15H22F3NO3/c1-4-19(11-15(16,17)18)9-6-10-22-14-12(20-2)7-5-8-13(14)21-3/h5,7-8H,4,6,9-11H2,1-3H3. The van der Waals surface area contributed by atoms with Gasteiger partial charge in [-0.1, -0.05) is 13.0 Å². The molecule has 0 saturated carbocycles. The molecular formula is C15H22F3NO3. The Bertz CT molecular complexity index is 430. The first kappa shape index (κ1) is 18.4. The molecule has 0 radical (unpaired) electrons. The number of rotatable bonds is 9. The fourth-order valence-electron chi connectivity index (χ4n) is 2.02. The molecule has 22 heavy (non-hydrogen) atoms. The predicted molar refractivity (Wildman–Crippen MR) is 77.8 cm³/mol. The van der Waals surface area contributed by atoms with E-state index in [0.717, 1.165) is 0 Å². The van der Waals surface area contributed by atoms with Crippen molar-refractivity contribution in [3.63, 3.8) is 0 Å². The lowest BCUT2D eigenvalue weighted by Crippen LogP contribution is -2.35. The van der Waals surface area contributed by atoms with E-state index in [9.17, 15) is 13.2 Å². The van der Waals surface area contributed by atoms with Crippen molar-refractivity contribution in [1.29, 1.82) is 0 Å². The van der Waals surface area contributed by atoms with Crippen LogP contribution in [0.4, 0.5) is 13.2 Å². The first-order valence-corrected chi connectivity index (χ1v) is 7.04. The maximum absolute atomic E-state index is 12.4. The van der Waals surface area contributed by atoms with Gasteiger partial charge in [0, 0.05) is 6.54 Å². The average molecular weight is 321 g/mol. The summed E-state index contributed by atoms with van der Waals surface area (Å²) in [7, 11) is 3.04. The molecule has 4 nitrogen and oxygen atoms in total. The van der Waals surface area contributed by atoms with Crippen LogP contribution in [0.15, 0.2) is 18.2 Å². The maximum atomic E-state index is 12.4. The highest BCUT2D eigenvalue weighted by atomic mass is 19.4. The third-order valence-electron chi connectivity index (χ3n) is 3.10. The van der Waals surface area contributed by atoms with Crippen molar-refractivity contribution in [2.75, 3.05) is 40.5 Å². The lowest BCUT2D eigenvalue weighted by molar-refractivity contribution is -0.145. The molecule has 0 amide bonds. The number of halogens is 3. The first-order valence-electron chi connectivity index (χ1n) is 7.04. The molecule has 0 spiro atoms. The second kappa shape index (κ2) is 8.73. The van der Waals surface area contributed by atoms with E-state index in [1.54, 1.807) is 25.1 Å². The number of alkyl halides is 3. The Morgan fingerprint density at radius 2 is 1.68 bits per heavy atom. The van der Waals surface area contributed by atoms with E-state index >= 15 is 0 Å². The van der Waals surface area contributed by atoms with E-state index in [1.165, 1.54) is 19.1 Å². The van der Waals surface area contributed by atoms with Gasteiger partial charge in [0.05, 0.1) is 27.4 Å². The summed E-state index contributed by atoms with van der Waals surface area (Å²) in [5.74, 6) is 1.52. The summed E-state index contributed by atoms with van der Waals surface area (Å²) in [6.07, 6.45) is -3.70. The third-order valence-corrected chi connectivity index (χ3v) is 3.10. The minimum absolute atomic E-state index is 0.283. The second-order valence-electron chi connectivity index (χ2n) is 4.68. The van der Waals surface area contributed by atoms with E-state index in [4.69, 9.17) is 14.2 Å². The van der Waals surface area contributed by atoms with Crippen molar-refractivity contribution < 1.29 is 27.4 Å². The summed E-state index contributed by atoms with van der Waals surface area (Å²) >= 11 is 0. The van der Waals surface area contributed by atoms with Crippen LogP contribution in [0.25, 0.3) is 0 Å². The Balaban J connectivity index is 2.50. The van der Waals surface area contributed by atoms with Crippen LogP contribution in [0.2, 0.25) is 0 Å². The van der Waals surface area contributed by atoms with E-state index in [-0.39, 0.29) is 6.61 Å². The number of benzene rings is 1. The van der Waals surface area contributed by atoms with E-state index in [2.05, 4.69) is 0 Å². The van der Waals surface area contributed by atoms with Gasteiger partial charge in [0.1, 0.15) is 0 Å². The van der Waals surface area contributed by atoms with E-state index in [1.807, 2.05) is 0 Å². The SMILES string of the molecule is CCN(CCCOc1c(OC)cccc1OC)CC(F)(F)F. The highest BCUT2D eigenvalue weighted by molar-refractivity contribution is 5.51. The molecule has 0 aromatic heterocycles. The van der Waals surface area contributed by atoms with Gasteiger partial charge < -0.3 is 14.2 Å². The molecule has 0 N–H and O–H groups in total. The summed E-state index contributed by atoms with van der Waals surface area (Å²) in [4.78, 5) is 1.34. The zero-order chi connectivity index (χ0) is 16.6. The van der Waals surface area contributed by atoms with Crippen LogP contribution in [0.3, 0.4) is 0 Å². The number of methoxy groups -OCH3 is 2. The maximum Gasteiger partial charge on any atom is 0.401 e. The zero-order valence-corrected chi connectivity index (χ0v) is 13.1. The molecule has 0 aliphatic heterocycles. The van der Waals surface area contributed by atoms with Crippen LogP contribution in [-0.2, 0) is 0 Å². The van der Waals surface area contributed by atoms with Gasteiger partial charge in [0.15, 0.2) is 11.5 Å². The van der Waals surface area contributed by atoms with Crippen LogP contribution in [0.1, 0.15) is 13.3 Å². The number of ether oxygens (including phenoxy) is 3. The summed E-state index contributed by atoms with van der Waals surface area (Å²) < 4.78 is 53.1. The lowest BCUT2D eigenvalue weighted by Gasteiger charge is -2.22. The Kier molecular flexibility index (Phi) is 7.31. The van der Waals surface area contributed by atoms with Gasteiger partial charge >= 0.3 is 6.18 Å². The van der Waals surface area contributed by atoms with Crippen LogP contribution in [-0.4, -0.2) is 51.5 Å². The number of nitrogens with zero attached hydrogens (tertiary/aromatic N) is 1. The topological polar surface area (TPSA) is 30.9 Å². The molecule has 0 aliphatic rings. The Hall–Kier alpha value is -1.63. The second-order valence-corrected chi connectivity index (χ2v) is 4.68. The largest absolute Gasteiger partial charge is 0.493 e. The number of hydrogen-bond acceptors (Lipinski definition) is 4.